The molecular weight excluding hydrogens is 444 g/mol. The van der Waals surface area contributed by atoms with Crippen LogP contribution in [0.3, 0.4) is 0 Å². The summed E-state index contributed by atoms with van der Waals surface area (Å²) in [5, 5.41) is 18.1. The fourth-order valence-corrected chi connectivity index (χ4v) is 3.41. The summed E-state index contributed by atoms with van der Waals surface area (Å²) in [6, 6.07) is 0. The van der Waals surface area contributed by atoms with Crippen LogP contribution in [0.4, 0.5) is 9.59 Å². The molecule has 0 heterocycles. The van der Waals surface area contributed by atoms with Gasteiger partial charge in [-0.3, -0.25) is 4.79 Å². The van der Waals surface area contributed by atoms with E-state index in [0.29, 0.717) is 0 Å². The molecule has 0 aliphatic heterocycles. The minimum absolute atomic E-state index is 0.341. The van der Waals surface area contributed by atoms with E-state index in [0.717, 1.165) is 4.31 Å². The van der Waals surface area contributed by atoms with Gasteiger partial charge in [0.1, 0.15) is 13.2 Å². The van der Waals surface area contributed by atoms with E-state index in [1.165, 1.54) is 13.8 Å². The van der Waals surface area contributed by atoms with Crippen LogP contribution in [-0.4, -0.2) is 56.4 Å². The second kappa shape index (κ2) is 11.8. The molecule has 0 fully saturated rings. The normalized spacial score (nSPS) is 12.5. The molecule has 1 amide bonds. The van der Waals surface area contributed by atoms with E-state index in [-0.39, 0.29) is 26.3 Å². The fourth-order valence-electron chi connectivity index (χ4n) is 1.26. The lowest BCUT2D eigenvalue weighted by Gasteiger charge is -2.22. The Labute approximate surface area is 157 Å². The second-order valence-corrected chi connectivity index (χ2v) is 11.7. The summed E-state index contributed by atoms with van der Waals surface area (Å²) < 4.78 is 36.6. The average Bonchev–Trinajstić information content (AvgIpc) is 2.51. The lowest BCUT2D eigenvalue weighted by Crippen LogP contribution is -2.47. The van der Waals surface area contributed by atoms with Gasteiger partial charge in [0.15, 0.2) is 14.5 Å². The highest BCUT2D eigenvalue weighted by molar-refractivity contribution is 8.14. The largest absolute Gasteiger partial charge is 0.456 e. The van der Waals surface area contributed by atoms with E-state index in [4.69, 9.17) is 19.5 Å². The van der Waals surface area contributed by atoms with Crippen LogP contribution in [0.25, 0.3) is 0 Å². The van der Waals surface area contributed by atoms with Crippen LogP contribution >= 0.6 is 32.3 Å². The Morgan fingerprint density at radius 1 is 1.04 bits per heavy atom. The quantitative estimate of drug-likeness (QED) is 0.503. The Morgan fingerprint density at radius 2 is 1.42 bits per heavy atom. The standard InChI is InChI=1S/C10H20N4O7P4S/c1-7(2)8(15)13-26(18,19)14(3-5-20-9(16)24(11)22)4-6-21-10(17)25(12)23/h7H,3-6,22-23H2,1-2H3,(H,13,15). The van der Waals surface area contributed by atoms with Crippen LogP contribution in [0.1, 0.15) is 13.8 Å². The molecule has 4 atom stereocenters. The average molecular weight is 464 g/mol. The molecule has 0 rings (SSSR count). The first kappa shape index (κ1) is 25.2. The maximum atomic E-state index is 12.3. The van der Waals surface area contributed by atoms with Crippen molar-refractivity contribution in [2.24, 2.45) is 5.92 Å². The molecule has 0 bridgehead atoms. The number of amides is 1. The van der Waals surface area contributed by atoms with Crippen molar-refractivity contribution in [2.75, 3.05) is 26.3 Å². The van der Waals surface area contributed by atoms with Gasteiger partial charge in [-0.15, -0.1) is 0 Å². The van der Waals surface area contributed by atoms with Gasteiger partial charge in [-0.1, -0.05) is 13.8 Å². The van der Waals surface area contributed by atoms with E-state index in [9.17, 15) is 22.8 Å². The topological polar surface area (TPSA) is 167 Å². The van der Waals surface area contributed by atoms with Crippen LogP contribution in [0.5, 0.6) is 0 Å². The van der Waals surface area contributed by atoms with Gasteiger partial charge >= 0.3 is 21.6 Å². The molecule has 0 saturated carbocycles. The third kappa shape index (κ3) is 9.78. The minimum Gasteiger partial charge on any atom is -0.456 e. The molecule has 0 aromatic rings. The second-order valence-electron chi connectivity index (χ2n) is 4.94. The first-order valence-electron chi connectivity index (χ1n) is 7.01. The maximum Gasteiger partial charge on any atom is 0.384 e. The molecule has 148 valence electrons. The van der Waals surface area contributed by atoms with Gasteiger partial charge in [0, 0.05) is 19.0 Å². The van der Waals surface area contributed by atoms with E-state index in [1.54, 1.807) is 0 Å². The predicted molar refractivity (Wildman–Crippen MR) is 103 cm³/mol. The Balaban J connectivity index is 5.00. The van der Waals surface area contributed by atoms with Crippen LogP contribution in [0.2, 0.25) is 0 Å². The zero-order chi connectivity index (χ0) is 20.5. The van der Waals surface area contributed by atoms with Crippen molar-refractivity contribution in [3.8, 4) is 0 Å². The summed E-state index contributed by atoms with van der Waals surface area (Å²) in [6.45, 7) is 1.56. The monoisotopic (exact) mass is 464 g/mol. The van der Waals surface area contributed by atoms with Crippen molar-refractivity contribution in [3.63, 3.8) is 0 Å². The van der Waals surface area contributed by atoms with Crippen molar-refractivity contribution >= 4 is 59.9 Å². The summed E-state index contributed by atoms with van der Waals surface area (Å²) in [5.41, 5.74) is -1.82. The summed E-state index contributed by atoms with van der Waals surface area (Å²) in [5.74, 6) is -1.33. The highest BCUT2D eigenvalue weighted by Gasteiger charge is 2.26. The molecule has 26 heavy (non-hydrogen) atoms. The Hall–Kier alpha value is -0.800. The fraction of sp³-hybridized carbons (Fsp3) is 0.700. The first-order chi connectivity index (χ1) is 11.9. The predicted octanol–water partition coefficient (Wildman–Crippen LogP) is 2.08. The highest BCUT2D eigenvalue weighted by Crippen LogP contribution is 2.30. The van der Waals surface area contributed by atoms with Crippen molar-refractivity contribution in [3.05, 3.63) is 0 Å². The van der Waals surface area contributed by atoms with Gasteiger partial charge in [0.2, 0.25) is 5.91 Å². The van der Waals surface area contributed by atoms with Crippen molar-refractivity contribution in [1.82, 2.24) is 9.03 Å². The molecule has 11 nitrogen and oxygen atoms in total. The number of nitrogens with one attached hydrogen (secondary N) is 1. The summed E-state index contributed by atoms with van der Waals surface area (Å²) in [6.07, 6.45) is 0. The third-order valence-corrected chi connectivity index (χ3v) is 6.38. The number of carbonyl (C=O) groups is 3. The maximum absolute atomic E-state index is 12.3. The molecule has 16 heteroatoms. The number of carbonyl (C=O) groups excluding carboxylic acids is 3. The molecular formula is C10H20N4O7P4S. The van der Waals surface area contributed by atoms with Gasteiger partial charge in [-0.2, -0.15) is 12.7 Å². The first-order valence-corrected chi connectivity index (χ1v) is 14.3. The number of ether oxygens (including phenoxy) is 2. The summed E-state index contributed by atoms with van der Waals surface area (Å²) >= 11 is 0. The van der Waals surface area contributed by atoms with Crippen molar-refractivity contribution in [2.45, 2.75) is 13.8 Å². The molecule has 0 aliphatic rings. The zero-order valence-corrected chi connectivity index (χ0v) is 19.0. The number of rotatable bonds is 9. The highest BCUT2D eigenvalue weighted by atomic mass is 32.2. The number of hydrogen-bond acceptors (Lipinski definition) is 9. The van der Waals surface area contributed by atoms with Gasteiger partial charge < -0.3 is 9.47 Å². The van der Waals surface area contributed by atoms with Gasteiger partial charge in [-0.25, -0.2) is 24.3 Å². The van der Waals surface area contributed by atoms with E-state index in [1.807, 2.05) is 22.6 Å². The molecule has 0 saturated heterocycles. The van der Waals surface area contributed by atoms with E-state index in [2.05, 4.69) is 0 Å². The van der Waals surface area contributed by atoms with Crippen LogP contribution in [0.15, 0.2) is 0 Å². The number of nitrogens with zero attached hydrogens (tertiary/aromatic N) is 3. The summed E-state index contributed by atoms with van der Waals surface area (Å²) in [7, 11) is -4.63. The van der Waals surface area contributed by atoms with Crippen LogP contribution in [0, 0.1) is 15.9 Å². The van der Waals surface area contributed by atoms with Crippen molar-refractivity contribution in [1.29, 1.82) is 10.0 Å². The van der Waals surface area contributed by atoms with E-state index >= 15 is 0 Å². The molecule has 4 unspecified atom stereocenters. The van der Waals surface area contributed by atoms with Gasteiger partial charge in [-0.05, 0) is 17.9 Å². The Kier molecular flexibility index (Phi) is 11.5. The van der Waals surface area contributed by atoms with Gasteiger partial charge in [0.25, 0.3) is 0 Å². The van der Waals surface area contributed by atoms with Crippen LogP contribution < -0.4 is 4.72 Å². The Bertz CT molecular complexity index is 743. The molecule has 0 aromatic carbocycles. The van der Waals surface area contributed by atoms with Gasteiger partial charge in [0.05, 0.1) is 0 Å². The van der Waals surface area contributed by atoms with E-state index < -0.39 is 47.9 Å². The molecule has 0 radical (unpaired) electrons. The summed E-state index contributed by atoms with van der Waals surface area (Å²) in [4.78, 5) is 34.1. The number of hydrogen-bond donors (Lipinski definition) is 1. The molecule has 0 aromatic heterocycles. The lowest BCUT2D eigenvalue weighted by atomic mass is 10.2. The minimum atomic E-state index is -4.28. The lowest BCUT2D eigenvalue weighted by molar-refractivity contribution is -0.122. The smallest absolute Gasteiger partial charge is 0.384 e. The third-order valence-electron chi connectivity index (χ3n) is 2.60. The molecule has 0 spiro atoms. The molecule has 0 aliphatic carbocycles. The van der Waals surface area contributed by atoms with Crippen LogP contribution in [-0.2, 0) is 24.5 Å². The SMILES string of the molecule is CC(C)C(=O)NS(=O)(=O)N(CCOC(=O)P(#N)P)CCOC(=O)P(#N)P. The zero-order valence-electron chi connectivity index (χ0n) is 14.1. The molecule has 1 N–H and O–H groups in total. The Morgan fingerprint density at radius 3 is 1.73 bits per heavy atom. The van der Waals surface area contributed by atoms with Crippen molar-refractivity contribution < 1.29 is 32.3 Å².